The summed E-state index contributed by atoms with van der Waals surface area (Å²) in [6.45, 7) is 0. The van der Waals surface area contributed by atoms with E-state index >= 15 is 0 Å². The Kier molecular flexibility index (Phi) is 6.75. The topological polar surface area (TPSA) is 168 Å². The number of carboxylic acids is 1. The zero-order valence-corrected chi connectivity index (χ0v) is 21.0. The fraction of sp³-hybridized carbons (Fsp3) is 0.100. The lowest BCUT2D eigenvalue weighted by molar-refractivity contribution is -0.140. The summed E-state index contributed by atoms with van der Waals surface area (Å²) < 4.78 is 16.9. The smallest absolute Gasteiger partial charge is 0.336 e. The number of carbonyl (C=O) groups is 2. The number of phenolic OH excluding ortho intramolecular Hbond substituents is 3. The van der Waals surface area contributed by atoms with Crippen LogP contribution >= 0.6 is 0 Å². The molecule has 0 aliphatic carbocycles. The first kappa shape index (κ1) is 26.1. The van der Waals surface area contributed by atoms with Gasteiger partial charge in [0.15, 0.2) is 16.9 Å². The summed E-state index contributed by atoms with van der Waals surface area (Å²) in [7, 11) is 1.16. The van der Waals surface area contributed by atoms with Gasteiger partial charge in [-0.3, -0.25) is 9.59 Å². The average molecular weight is 542 g/mol. The molecule has 0 amide bonds. The fourth-order valence-electron chi connectivity index (χ4n) is 4.61. The molecule has 10 heteroatoms. The number of carbonyl (C=O) groups excluding carboxylic acids is 1. The number of esters is 1. The van der Waals surface area contributed by atoms with Crippen molar-refractivity contribution in [2.75, 3.05) is 7.11 Å². The minimum Gasteiger partial charge on any atom is -0.504 e. The molecule has 4 N–H and O–H groups in total. The van der Waals surface area contributed by atoms with E-state index in [2.05, 4.69) is 0 Å². The Hall–Kier alpha value is -5.51. The first-order valence-electron chi connectivity index (χ1n) is 12.0. The molecule has 0 spiro atoms. The van der Waals surface area contributed by atoms with Gasteiger partial charge < -0.3 is 34.0 Å². The first-order chi connectivity index (χ1) is 19.2. The molecule has 0 saturated heterocycles. The second-order valence-corrected chi connectivity index (χ2v) is 8.89. The van der Waals surface area contributed by atoms with E-state index < -0.39 is 52.3 Å². The van der Waals surface area contributed by atoms with Gasteiger partial charge in [0.2, 0.25) is 5.75 Å². The predicted octanol–water partition coefficient (Wildman–Crippen LogP) is 5.23. The van der Waals surface area contributed by atoms with E-state index in [4.69, 9.17) is 13.6 Å². The van der Waals surface area contributed by atoms with Crippen molar-refractivity contribution < 1.29 is 43.6 Å². The normalized spacial score (nSPS) is 11.8. The van der Waals surface area contributed by atoms with Crippen molar-refractivity contribution in [3.8, 4) is 39.9 Å². The van der Waals surface area contributed by atoms with Gasteiger partial charge in [-0.1, -0.05) is 48.5 Å². The second-order valence-electron chi connectivity index (χ2n) is 8.89. The number of benzene rings is 3. The van der Waals surface area contributed by atoms with Crippen molar-refractivity contribution in [2.45, 2.75) is 12.3 Å². The molecule has 0 bridgehead atoms. The van der Waals surface area contributed by atoms with E-state index in [-0.39, 0.29) is 39.6 Å². The molecule has 0 unspecified atom stereocenters. The predicted molar refractivity (Wildman–Crippen MR) is 142 cm³/mol. The van der Waals surface area contributed by atoms with Crippen molar-refractivity contribution in [2.24, 2.45) is 0 Å². The molecule has 10 nitrogen and oxygen atoms in total. The number of rotatable bonds is 7. The molecule has 0 fully saturated rings. The quantitative estimate of drug-likeness (QED) is 0.158. The highest BCUT2D eigenvalue weighted by Crippen LogP contribution is 2.49. The maximum atomic E-state index is 13.2. The molecule has 0 radical (unpaired) electrons. The zero-order valence-electron chi connectivity index (χ0n) is 21.0. The lowest BCUT2D eigenvalue weighted by Crippen LogP contribution is -2.12. The van der Waals surface area contributed by atoms with E-state index in [0.717, 1.165) is 13.2 Å². The summed E-state index contributed by atoms with van der Waals surface area (Å²) in [6, 6.07) is 18.9. The fourth-order valence-corrected chi connectivity index (χ4v) is 4.61. The van der Waals surface area contributed by atoms with E-state index in [0.29, 0.717) is 5.56 Å². The lowest BCUT2D eigenvalue weighted by atomic mass is 9.90. The number of fused-ring (bicyclic) bond motifs is 1. The van der Waals surface area contributed by atoms with Crippen LogP contribution in [0.1, 0.15) is 34.0 Å². The Bertz CT molecular complexity index is 1810. The van der Waals surface area contributed by atoms with Crippen LogP contribution in [0.2, 0.25) is 0 Å². The zero-order chi connectivity index (χ0) is 28.6. The minimum absolute atomic E-state index is 0.0259. The number of aromatic carboxylic acids is 1. The van der Waals surface area contributed by atoms with Gasteiger partial charge in [0.05, 0.1) is 30.6 Å². The van der Waals surface area contributed by atoms with Gasteiger partial charge in [-0.15, -0.1) is 0 Å². The number of hydrogen-bond acceptors (Lipinski definition) is 9. The Labute approximate surface area is 225 Å². The lowest BCUT2D eigenvalue weighted by Gasteiger charge is -2.19. The Morgan fingerprint density at radius 2 is 1.55 bits per heavy atom. The van der Waals surface area contributed by atoms with Crippen LogP contribution in [-0.4, -0.2) is 39.5 Å². The molecule has 40 heavy (non-hydrogen) atoms. The molecule has 5 aromatic rings. The standard InChI is InChI=1S/C30H22O10/c1-38-23(32)13-18(21-12-11-20(39-21)16-9-5-6-10-17(16)30(36)37)24-26(33)28(35)27(34)25-19(31)14-22(40-29(24)25)15-7-3-2-4-8-15/h2-12,14,18,33-35H,13H2,1H3,(H,36,37)/t18-/m1/s1. The SMILES string of the molecule is COC(=O)C[C@H](c1ccc(-c2ccccc2C(=O)O)o1)c1c(O)c(O)c(O)c2c(=O)cc(-c3ccccc3)oc12. The van der Waals surface area contributed by atoms with Crippen LogP contribution in [0.25, 0.3) is 33.6 Å². The Morgan fingerprint density at radius 1 is 0.850 bits per heavy atom. The number of hydrogen-bond donors (Lipinski definition) is 4. The van der Waals surface area contributed by atoms with Crippen LogP contribution in [0, 0.1) is 0 Å². The number of carboxylic acid groups (broad SMARTS) is 1. The molecular formula is C30H22O10. The van der Waals surface area contributed by atoms with Crippen molar-refractivity contribution in [3.63, 3.8) is 0 Å². The maximum absolute atomic E-state index is 13.2. The summed E-state index contributed by atoms with van der Waals surface area (Å²) in [5, 5.41) is 41.4. The van der Waals surface area contributed by atoms with Gasteiger partial charge in [-0.25, -0.2) is 4.79 Å². The number of aromatic hydroxyl groups is 3. The van der Waals surface area contributed by atoms with E-state index in [1.165, 1.54) is 18.2 Å². The summed E-state index contributed by atoms with van der Waals surface area (Å²) in [5.74, 6) is -5.49. The number of furan rings is 1. The Balaban J connectivity index is 1.78. The summed E-state index contributed by atoms with van der Waals surface area (Å²) in [6.07, 6.45) is -0.434. The van der Waals surface area contributed by atoms with Crippen LogP contribution in [-0.2, 0) is 9.53 Å². The van der Waals surface area contributed by atoms with Crippen LogP contribution in [0.4, 0.5) is 0 Å². The molecule has 5 rings (SSSR count). The second kappa shape index (κ2) is 10.3. The number of phenols is 3. The highest BCUT2D eigenvalue weighted by atomic mass is 16.5. The van der Waals surface area contributed by atoms with Crippen LogP contribution in [0.3, 0.4) is 0 Å². The number of methoxy groups -OCH3 is 1. The van der Waals surface area contributed by atoms with Crippen molar-refractivity contribution in [1.82, 2.24) is 0 Å². The molecule has 0 aliphatic heterocycles. The summed E-state index contributed by atoms with van der Waals surface area (Å²) in [4.78, 5) is 37.4. The van der Waals surface area contributed by atoms with E-state index in [1.54, 1.807) is 48.5 Å². The van der Waals surface area contributed by atoms with Crippen LogP contribution in [0.15, 0.2) is 86.4 Å². The molecular weight excluding hydrogens is 520 g/mol. The molecule has 0 saturated carbocycles. The monoisotopic (exact) mass is 542 g/mol. The summed E-state index contributed by atoms with van der Waals surface area (Å²) in [5.41, 5.74) is -0.438. The van der Waals surface area contributed by atoms with Crippen LogP contribution in [0.5, 0.6) is 17.2 Å². The third kappa shape index (κ3) is 4.51. The molecule has 1 atom stereocenters. The van der Waals surface area contributed by atoms with Gasteiger partial charge in [-0.05, 0) is 18.2 Å². The van der Waals surface area contributed by atoms with Crippen molar-refractivity contribution in [1.29, 1.82) is 0 Å². The van der Waals surface area contributed by atoms with E-state index in [1.807, 2.05) is 0 Å². The average Bonchev–Trinajstić information content (AvgIpc) is 3.45. The van der Waals surface area contributed by atoms with Crippen molar-refractivity contribution >= 4 is 22.9 Å². The van der Waals surface area contributed by atoms with Gasteiger partial charge >= 0.3 is 11.9 Å². The maximum Gasteiger partial charge on any atom is 0.336 e. The molecule has 2 aromatic heterocycles. The van der Waals surface area contributed by atoms with Crippen molar-refractivity contribution in [3.05, 3.63) is 99.9 Å². The number of ether oxygens (including phenoxy) is 1. The third-order valence-corrected chi connectivity index (χ3v) is 6.53. The minimum atomic E-state index is -1.19. The molecule has 3 aromatic carbocycles. The summed E-state index contributed by atoms with van der Waals surface area (Å²) >= 11 is 0. The largest absolute Gasteiger partial charge is 0.504 e. The highest BCUT2D eigenvalue weighted by molar-refractivity contribution is 5.95. The van der Waals surface area contributed by atoms with Crippen LogP contribution < -0.4 is 5.43 Å². The molecule has 202 valence electrons. The third-order valence-electron chi connectivity index (χ3n) is 6.53. The highest BCUT2D eigenvalue weighted by Gasteiger charge is 2.33. The Morgan fingerprint density at radius 3 is 2.25 bits per heavy atom. The van der Waals surface area contributed by atoms with E-state index in [9.17, 15) is 34.8 Å². The van der Waals surface area contributed by atoms with Gasteiger partial charge in [0, 0.05) is 17.2 Å². The molecule has 2 heterocycles. The molecule has 0 aliphatic rings. The van der Waals surface area contributed by atoms with Gasteiger partial charge in [-0.2, -0.15) is 0 Å². The van der Waals surface area contributed by atoms with Gasteiger partial charge in [0.1, 0.15) is 28.2 Å². The first-order valence-corrected chi connectivity index (χ1v) is 12.0. The van der Waals surface area contributed by atoms with Gasteiger partial charge in [0.25, 0.3) is 0 Å².